The molecule has 0 amide bonds. The van der Waals surface area contributed by atoms with Crippen LogP contribution in [0.2, 0.25) is 0 Å². The average Bonchev–Trinajstić information content (AvgIpc) is 2.50. The number of nitrogens with one attached hydrogen (secondary N) is 1. The van der Waals surface area contributed by atoms with Gasteiger partial charge in [-0.15, -0.1) is 0 Å². The monoisotopic (exact) mass is 298 g/mol. The van der Waals surface area contributed by atoms with E-state index in [0.29, 0.717) is 11.3 Å². The number of methoxy groups -OCH3 is 1. The molecule has 1 saturated heterocycles. The van der Waals surface area contributed by atoms with Gasteiger partial charge in [0.1, 0.15) is 11.6 Å². The molecule has 1 unspecified atom stereocenters. The number of nitrogens with zero attached hydrogens (tertiary/aromatic N) is 1. The Morgan fingerprint density at radius 1 is 1.40 bits per heavy atom. The molecule has 0 aliphatic carbocycles. The van der Waals surface area contributed by atoms with E-state index in [0.717, 1.165) is 26.1 Å². The molecule has 2 rings (SSSR count). The Balaban J connectivity index is 2.04. The number of ether oxygens (including phenoxy) is 1. The smallest absolute Gasteiger partial charge is 0.131 e. The summed E-state index contributed by atoms with van der Waals surface area (Å²) in [6.45, 7) is 3.26. The van der Waals surface area contributed by atoms with Gasteiger partial charge in [-0.05, 0) is 25.6 Å². The van der Waals surface area contributed by atoms with Gasteiger partial charge in [0.2, 0.25) is 0 Å². The molecule has 0 radical (unpaired) electrons. The van der Waals surface area contributed by atoms with Crippen LogP contribution in [0.3, 0.4) is 0 Å². The van der Waals surface area contributed by atoms with Crippen molar-refractivity contribution in [3.8, 4) is 5.75 Å². The zero-order valence-corrected chi connectivity index (χ0v) is 13.0. The van der Waals surface area contributed by atoms with E-state index in [4.69, 9.17) is 4.74 Å². The third-order valence-electron chi connectivity index (χ3n) is 3.77. The molecule has 0 aromatic heterocycles. The second-order valence-electron chi connectivity index (χ2n) is 4.94. The van der Waals surface area contributed by atoms with Crippen LogP contribution in [0.5, 0.6) is 5.75 Å². The lowest BCUT2D eigenvalue weighted by atomic mass is 10.0. The molecule has 0 saturated carbocycles. The molecule has 1 N–H and O–H groups in total. The SMILES string of the molecule is CNC(CCN1CCSCC1)c1c(F)cccc1OC. The minimum Gasteiger partial charge on any atom is -0.496 e. The number of benzene rings is 1. The lowest BCUT2D eigenvalue weighted by Crippen LogP contribution is -2.35. The minimum atomic E-state index is -0.196. The Kier molecular flexibility index (Phi) is 6.13. The van der Waals surface area contributed by atoms with Crippen molar-refractivity contribution >= 4 is 11.8 Å². The van der Waals surface area contributed by atoms with Crippen LogP contribution in [0, 0.1) is 5.82 Å². The predicted molar refractivity (Wildman–Crippen MR) is 83.1 cm³/mol. The molecule has 1 aromatic rings. The van der Waals surface area contributed by atoms with Crippen LogP contribution < -0.4 is 10.1 Å². The average molecular weight is 298 g/mol. The van der Waals surface area contributed by atoms with E-state index in [9.17, 15) is 4.39 Å². The largest absolute Gasteiger partial charge is 0.496 e. The number of rotatable bonds is 6. The topological polar surface area (TPSA) is 24.5 Å². The van der Waals surface area contributed by atoms with Crippen LogP contribution in [0.25, 0.3) is 0 Å². The molecular weight excluding hydrogens is 275 g/mol. The first kappa shape index (κ1) is 15.6. The Labute approximate surface area is 124 Å². The highest BCUT2D eigenvalue weighted by Gasteiger charge is 2.20. The number of halogens is 1. The van der Waals surface area contributed by atoms with Gasteiger partial charge in [0.25, 0.3) is 0 Å². The second-order valence-corrected chi connectivity index (χ2v) is 6.16. The zero-order valence-electron chi connectivity index (χ0n) is 12.2. The maximum Gasteiger partial charge on any atom is 0.131 e. The van der Waals surface area contributed by atoms with E-state index in [2.05, 4.69) is 10.2 Å². The molecule has 1 aliphatic heterocycles. The van der Waals surface area contributed by atoms with Gasteiger partial charge in [-0.2, -0.15) is 11.8 Å². The summed E-state index contributed by atoms with van der Waals surface area (Å²) >= 11 is 2.01. The molecule has 5 heteroatoms. The van der Waals surface area contributed by atoms with E-state index < -0.39 is 0 Å². The number of thioether (sulfide) groups is 1. The predicted octanol–water partition coefficient (Wildman–Crippen LogP) is 2.53. The van der Waals surface area contributed by atoms with E-state index in [1.807, 2.05) is 24.9 Å². The van der Waals surface area contributed by atoms with Gasteiger partial charge in [0.05, 0.1) is 7.11 Å². The normalized spacial score (nSPS) is 17.9. The van der Waals surface area contributed by atoms with Crippen LogP contribution in [0.15, 0.2) is 18.2 Å². The zero-order chi connectivity index (χ0) is 14.4. The highest BCUT2D eigenvalue weighted by molar-refractivity contribution is 7.99. The van der Waals surface area contributed by atoms with E-state index in [-0.39, 0.29) is 11.9 Å². The quantitative estimate of drug-likeness (QED) is 0.872. The van der Waals surface area contributed by atoms with Crippen LogP contribution in [0.4, 0.5) is 4.39 Å². The Bertz CT molecular complexity index is 424. The van der Waals surface area contributed by atoms with Gasteiger partial charge in [-0.25, -0.2) is 4.39 Å². The number of hydrogen-bond donors (Lipinski definition) is 1. The molecule has 112 valence electrons. The Morgan fingerprint density at radius 3 is 2.80 bits per heavy atom. The maximum absolute atomic E-state index is 14.1. The summed E-state index contributed by atoms with van der Waals surface area (Å²) < 4.78 is 19.4. The van der Waals surface area contributed by atoms with Crippen LogP contribution in [-0.2, 0) is 0 Å². The summed E-state index contributed by atoms with van der Waals surface area (Å²) in [6.07, 6.45) is 0.887. The molecule has 3 nitrogen and oxygen atoms in total. The molecule has 1 aromatic carbocycles. The van der Waals surface area contributed by atoms with Crippen molar-refractivity contribution in [1.29, 1.82) is 0 Å². The molecule has 1 aliphatic rings. The lowest BCUT2D eigenvalue weighted by Gasteiger charge is -2.28. The van der Waals surface area contributed by atoms with Crippen molar-refractivity contribution in [3.63, 3.8) is 0 Å². The molecule has 0 spiro atoms. The lowest BCUT2D eigenvalue weighted by molar-refractivity contribution is 0.280. The fourth-order valence-electron chi connectivity index (χ4n) is 2.60. The third kappa shape index (κ3) is 3.87. The van der Waals surface area contributed by atoms with Gasteiger partial charge in [0, 0.05) is 42.7 Å². The molecule has 1 heterocycles. The highest BCUT2D eigenvalue weighted by Crippen LogP contribution is 2.30. The van der Waals surface area contributed by atoms with Crippen molar-refractivity contribution in [2.75, 3.05) is 45.3 Å². The van der Waals surface area contributed by atoms with Crippen molar-refractivity contribution in [3.05, 3.63) is 29.6 Å². The second kappa shape index (κ2) is 7.86. The molecular formula is C15H23FN2OS. The Hall–Kier alpha value is -0.780. The standard InChI is InChI=1S/C15H23FN2OS/c1-17-13(6-7-18-8-10-20-11-9-18)15-12(16)4-3-5-14(15)19-2/h3-5,13,17H,6-11H2,1-2H3. The summed E-state index contributed by atoms with van der Waals surface area (Å²) in [6, 6.07) is 4.99. The van der Waals surface area contributed by atoms with Crippen molar-refractivity contribution in [1.82, 2.24) is 10.2 Å². The fourth-order valence-corrected chi connectivity index (χ4v) is 3.58. The molecule has 0 bridgehead atoms. The Morgan fingerprint density at radius 2 is 2.15 bits per heavy atom. The van der Waals surface area contributed by atoms with Gasteiger partial charge >= 0.3 is 0 Å². The van der Waals surface area contributed by atoms with Gasteiger partial charge in [0.15, 0.2) is 0 Å². The maximum atomic E-state index is 14.1. The van der Waals surface area contributed by atoms with Gasteiger partial charge in [-0.1, -0.05) is 6.07 Å². The van der Waals surface area contributed by atoms with Crippen LogP contribution in [0.1, 0.15) is 18.0 Å². The molecule has 1 atom stereocenters. The number of hydrogen-bond acceptors (Lipinski definition) is 4. The highest BCUT2D eigenvalue weighted by atomic mass is 32.2. The van der Waals surface area contributed by atoms with E-state index in [1.54, 1.807) is 13.2 Å². The summed E-state index contributed by atoms with van der Waals surface area (Å²) in [5.41, 5.74) is 0.642. The van der Waals surface area contributed by atoms with Crippen molar-refractivity contribution < 1.29 is 9.13 Å². The van der Waals surface area contributed by atoms with Crippen molar-refractivity contribution in [2.45, 2.75) is 12.5 Å². The minimum absolute atomic E-state index is 0.0132. The van der Waals surface area contributed by atoms with E-state index in [1.165, 1.54) is 17.6 Å². The summed E-state index contributed by atoms with van der Waals surface area (Å²) in [4.78, 5) is 2.45. The van der Waals surface area contributed by atoms with Gasteiger partial charge in [-0.3, -0.25) is 0 Å². The van der Waals surface area contributed by atoms with Crippen LogP contribution in [-0.4, -0.2) is 50.2 Å². The fraction of sp³-hybridized carbons (Fsp3) is 0.600. The summed E-state index contributed by atoms with van der Waals surface area (Å²) in [5, 5.41) is 3.22. The molecule has 20 heavy (non-hydrogen) atoms. The first-order valence-corrected chi connectivity index (χ1v) is 8.21. The van der Waals surface area contributed by atoms with Crippen molar-refractivity contribution in [2.24, 2.45) is 0 Å². The van der Waals surface area contributed by atoms with Crippen LogP contribution >= 0.6 is 11.8 Å². The third-order valence-corrected chi connectivity index (χ3v) is 4.71. The van der Waals surface area contributed by atoms with Gasteiger partial charge < -0.3 is 15.0 Å². The first-order valence-electron chi connectivity index (χ1n) is 7.06. The summed E-state index contributed by atoms with van der Waals surface area (Å²) in [5.74, 6) is 2.83. The van der Waals surface area contributed by atoms with E-state index >= 15 is 0 Å². The first-order chi connectivity index (χ1) is 9.76. The summed E-state index contributed by atoms with van der Waals surface area (Å²) in [7, 11) is 3.47. The molecule has 1 fully saturated rings.